The van der Waals surface area contributed by atoms with Crippen molar-refractivity contribution in [3.05, 3.63) is 0 Å². The minimum atomic E-state index is -4.57. The van der Waals surface area contributed by atoms with Crippen LogP contribution in [0.25, 0.3) is 0 Å². The molecule has 0 aromatic heterocycles. The molecule has 0 atom stereocenters. The van der Waals surface area contributed by atoms with Crippen molar-refractivity contribution in [3.63, 3.8) is 0 Å². The number of carbonyl (C=O) groups excluding carboxylic acids is 1. The molecular weight excluding hydrogens is 177 g/mol. The molecule has 0 rings (SSSR count). The van der Waals surface area contributed by atoms with Crippen LogP contribution in [0.4, 0.5) is 0 Å². The summed E-state index contributed by atoms with van der Waals surface area (Å²) < 4.78 is 13.2. The fourth-order valence-corrected chi connectivity index (χ4v) is 0.502. The molecule has 8 nitrogen and oxygen atoms in total. The van der Waals surface area contributed by atoms with Crippen LogP contribution in [0.1, 0.15) is 6.92 Å². The lowest BCUT2D eigenvalue weighted by Crippen LogP contribution is -1.94. The molecule has 0 saturated heterocycles. The summed E-state index contributed by atoms with van der Waals surface area (Å²) in [6.07, 6.45) is 0. The van der Waals surface area contributed by atoms with Crippen molar-refractivity contribution in [2.45, 2.75) is 6.92 Å². The van der Waals surface area contributed by atoms with E-state index in [0.29, 0.717) is 0 Å². The molecule has 11 heavy (non-hydrogen) atoms. The number of phosphoric ester groups is 1. The normalized spacial score (nSPS) is 7.91. The first-order valence-electron chi connectivity index (χ1n) is 1.67. The highest BCUT2D eigenvalue weighted by atomic mass is 31.2. The Hall–Kier alpha value is -0.500. The summed E-state index contributed by atoms with van der Waals surface area (Å²) in [5, 5.41) is 0. The molecular formula is C2H14N3O5P. The maximum absolute atomic E-state index is 9.74. The summed E-state index contributed by atoms with van der Waals surface area (Å²) in [6, 6.07) is 0. The third-order valence-corrected chi connectivity index (χ3v) is 0.742. The Morgan fingerprint density at radius 1 is 1.27 bits per heavy atom. The van der Waals surface area contributed by atoms with Crippen LogP contribution in [0.2, 0.25) is 0 Å². The number of hydrogen-bond donors (Lipinski definition) is 5. The van der Waals surface area contributed by atoms with E-state index < -0.39 is 13.8 Å². The molecule has 0 aliphatic carbocycles. The van der Waals surface area contributed by atoms with Crippen LogP contribution in [-0.2, 0) is 13.9 Å². The third-order valence-electron chi connectivity index (χ3n) is 0.247. The average Bonchev–Trinajstić information content (AvgIpc) is 1.21. The van der Waals surface area contributed by atoms with Crippen molar-refractivity contribution in [2.24, 2.45) is 0 Å². The zero-order valence-corrected chi connectivity index (χ0v) is 7.08. The highest BCUT2D eigenvalue weighted by molar-refractivity contribution is 7.46. The van der Waals surface area contributed by atoms with Crippen LogP contribution >= 0.6 is 7.82 Å². The van der Waals surface area contributed by atoms with E-state index in [4.69, 9.17) is 9.79 Å². The van der Waals surface area contributed by atoms with Gasteiger partial charge in [-0.2, -0.15) is 0 Å². The minimum absolute atomic E-state index is 0. The predicted octanol–water partition coefficient (Wildman–Crippen LogP) is 0.128. The summed E-state index contributed by atoms with van der Waals surface area (Å²) in [5.41, 5.74) is 0. The average molecular weight is 191 g/mol. The Balaban J connectivity index is -0.0000000817. The molecule has 11 N–H and O–H groups in total. The van der Waals surface area contributed by atoms with E-state index >= 15 is 0 Å². The molecule has 0 amide bonds. The Morgan fingerprint density at radius 3 is 1.55 bits per heavy atom. The quantitative estimate of drug-likeness (QED) is 0.361. The van der Waals surface area contributed by atoms with Crippen LogP contribution in [0.15, 0.2) is 0 Å². The van der Waals surface area contributed by atoms with Gasteiger partial charge in [-0.3, -0.25) is 14.6 Å². The van der Waals surface area contributed by atoms with Crippen LogP contribution in [0.3, 0.4) is 0 Å². The van der Waals surface area contributed by atoms with Gasteiger partial charge in [0.2, 0.25) is 0 Å². The van der Waals surface area contributed by atoms with E-state index in [2.05, 4.69) is 4.52 Å². The first kappa shape index (κ1) is 22.4. The molecule has 0 aliphatic rings. The number of hydrogen-bond acceptors (Lipinski definition) is 6. The Bertz CT molecular complexity index is 143. The highest BCUT2D eigenvalue weighted by Gasteiger charge is 2.16. The highest BCUT2D eigenvalue weighted by Crippen LogP contribution is 2.35. The van der Waals surface area contributed by atoms with Gasteiger partial charge < -0.3 is 23.0 Å². The summed E-state index contributed by atoms with van der Waals surface area (Å²) in [7, 11) is -4.57. The van der Waals surface area contributed by atoms with E-state index in [9.17, 15) is 9.36 Å². The van der Waals surface area contributed by atoms with Gasteiger partial charge in [-0.15, -0.1) is 0 Å². The number of rotatable bonds is 1. The predicted molar refractivity (Wildman–Crippen MR) is 38.9 cm³/mol. The Labute approximate surface area is 63.9 Å². The van der Waals surface area contributed by atoms with Gasteiger partial charge >= 0.3 is 13.8 Å². The molecule has 0 saturated carbocycles. The van der Waals surface area contributed by atoms with Gasteiger partial charge in [0.05, 0.1) is 0 Å². The SMILES string of the molecule is CC(=O)OP(=O)(O)O.N.N.N. The van der Waals surface area contributed by atoms with E-state index in [1.165, 1.54) is 0 Å². The summed E-state index contributed by atoms with van der Waals surface area (Å²) in [4.78, 5) is 25.5. The zero-order valence-electron chi connectivity index (χ0n) is 6.19. The third kappa shape index (κ3) is 26.4. The lowest BCUT2D eigenvalue weighted by Gasteiger charge is -1.98. The summed E-state index contributed by atoms with van der Waals surface area (Å²) in [5.74, 6) is -0.988. The van der Waals surface area contributed by atoms with Crippen molar-refractivity contribution in [2.75, 3.05) is 0 Å². The standard InChI is InChI=1S/C2H5O5P.3H3N/c1-2(3)7-8(4,5)6;;;/h1H3,(H2,4,5,6);3*1H3. The smallest absolute Gasteiger partial charge is 0.371 e. The zero-order chi connectivity index (χ0) is 6.78. The Kier molecular flexibility index (Phi) is 15.5. The molecule has 0 aliphatic heterocycles. The molecule has 0 aromatic carbocycles. The van der Waals surface area contributed by atoms with Gasteiger partial charge in [0.15, 0.2) is 0 Å². The molecule has 0 unspecified atom stereocenters. The topological polar surface area (TPSA) is 189 Å². The number of phosphoric acid groups is 1. The van der Waals surface area contributed by atoms with Crippen LogP contribution in [0, 0.1) is 0 Å². The molecule has 0 heterocycles. The molecule has 0 aromatic rings. The molecule has 0 fully saturated rings. The molecule has 0 bridgehead atoms. The van der Waals surface area contributed by atoms with E-state index in [0.717, 1.165) is 6.92 Å². The van der Waals surface area contributed by atoms with Gasteiger partial charge in [0.1, 0.15) is 0 Å². The van der Waals surface area contributed by atoms with Gasteiger partial charge in [0, 0.05) is 6.92 Å². The molecule has 0 radical (unpaired) electrons. The maximum atomic E-state index is 9.74. The van der Waals surface area contributed by atoms with Crippen molar-refractivity contribution in [1.29, 1.82) is 0 Å². The van der Waals surface area contributed by atoms with Crippen molar-refractivity contribution >= 4 is 13.8 Å². The molecule has 9 heteroatoms. The monoisotopic (exact) mass is 191 g/mol. The van der Waals surface area contributed by atoms with Gasteiger partial charge in [-0.1, -0.05) is 0 Å². The lowest BCUT2D eigenvalue weighted by molar-refractivity contribution is -0.133. The minimum Gasteiger partial charge on any atom is -0.371 e. The van der Waals surface area contributed by atoms with Crippen LogP contribution in [-0.4, -0.2) is 15.8 Å². The van der Waals surface area contributed by atoms with Gasteiger partial charge in [0.25, 0.3) is 0 Å². The fourth-order valence-electron chi connectivity index (χ4n) is 0.167. The van der Waals surface area contributed by atoms with Gasteiger partial charge in [-0.05, 0) is 0 Å². The Morgan fingerprint density at radius 2 is 1.55 bits per heavy atom. The van der Waals surface area contributed by atoms with Crippen molar-refractivity contribution < 1.29 is 23.7 Å². The number of carbonyl (C=O) groups is 1. The van der Waals surface area contributed by atoms with E-state index in [-0.39, 0.29) is 18.5 Å². The molecule has 0 spiro atoms. The van der Waals surface area contributed by atoms with Crippen LogP contribution in [0.5, 0.6) is 0 Å². The second kappa shape index (κ2) is 7.61. The van der Waals surface area contributed by atoms with Gasteiger partial charge in [-0.25, -0.2) is 4.57 Å². The largest absolute Gasteiger partial charge is 0.526 e. The second-order valence-electron chi connectivity index (χ2n) is 1.07. The maximum Gasteiger partial charge on any atom is 0.526 e. The summed E-state index contributed by atoms with van der Waals surface area (Å²) in [6.45, 7) is 0.916. The van der Waals surface area contributed by atoms with Crippen LogP contribution < -0.4 is 18.5 Å². The fraction of sp³-hybridized carbons (Fsp3) is 0.500. The second-order valence-corrected chi connectivity index (χ2v) is 2.24. The van der Waals surface area contributed by atoms with E-state index in [1.54, 1.807) is 0 Å². The summed E-state index contributed by atoms with van der Waals surface area (Å²) >= 11 is 0. The van der Waals surface area contributed by atoms with E-state index in [1.807, 2.05) is 0 Å². The first-order chi connectivity index (χ1) is 3.42. The van der Waals surface area contributed by atoms with Crippen molar-refractivity contribution in [1.82, 2.24) is 18.5 Å². The van der Waals surface area contributed by atoms with Crippen molar-refractivity contribution in [3.8, 4) is 0 Å². The molecule has 72 valence electrons. The lowest BCUT2D eigenvalue weighted by atomic mass is 10.9. The first-order valence-corrected chi connectivity index (χ1v) is 3.20.